The Bertz CT molecular complexity index is 508. The summed E-state index contributed by atoms with van der Waals surface area (Å²) in [4.78, 5) is 17.8. The summed E-state index contributed by atoms with van der Waals surface area (Å²) in [6.07, 6.45) is -1.28. The Balaban J connectivity index is 2.33. The lowest BCUT2D eigenvalue weighted by atomic mass is 10.6. The van der Waals surface area contributed by atoms with E-state index in [9.17, 15) is 4.79 Å². The molecule has 0 unspecified atom stereocenters. The molecule has 2 heterocycles. The molecule has 0 aromatic carbocycles. The fraction of sp³-hybridized carbons (Fsp3) is 0. The third kappa shape index (κ3) is 1.67. The second kappa shape index (κ2) is 3.25. The molecular weight excluding hydrogens is 206 g/mol. The van der Waals surface area contributed by atoms with Crippen molar-refractivity contribution < 1.29 is 14.5 Å². The zero-order valence-electron chi connectivity index (χ0n) is 7.13. The van der Waals surface area contributed by atoms with Gasteiger partial charge in [0.25, 0.3) is 0 Å². The highest BCUT2D eigenvalue weighted by Gasteiger charge is 2.10. The van der Waals surface area contributed by atoms with Gasteiger partial charge in [0.2, 0.25) is 11.3 Å². The lowest BCUT2D eigenvalue weighted by Gasteiger charge is -2.04. The predicted molar refractivity (Wildman–Crippen MR) is 46.6 cm³/mol. The van der Waals surface area contributed by atoms with E-state index < -0.39 is 6.09 Å². The van der Waals surface area contributed by atoms with Crippen molar-refractivity contribution in [2.24, 2.45) is 0 Å². The summed E-state index contributed by atoms with van der Waals surface area (Å²) in [7, 11) is 0. The second-order valence-corrected chi connectivity index (χ2v) is 2.42. The number of rotatable bonds is 2. The van der Waals surface area contributed by atoms with Gasteiger partial charge < -0.3 is 10.8 Å². The number of anilines is 2. The number of hydrogen-bond donors (Lipinski definition) is 4. The molecule has 0 aliphatic rings. The molecule has 0 aliphatic heterocycles. The van der Waals surface area contributed by atoms with Crippen LogP contribution in [0.5, 0.6) is 0 Å². The fourth-order valence-corrected chi connectivity index (χ4v) is 0.855. The van der Waals surface area contributed by atoms with Crippen LogP contribution in [0, 0.1) is 0 Å². The maximum Gasteiger partial charge on any atom is 0.423 e. The second-order valence-electron chi connectivity index (χ2n) is 2.42. The summed E-state index contributed by atoms with van der Waals surface area (Å²) in [5, 5.41) is 15.2. The van der Waals surface area contributed by atoms with Crippen molar-refractivity contribution in [3.63, 3.8) is 0 Å². The van der Waals surface area contributed by atoms with Gasteiger partial charge in [-0.2, -0.15) is 4.98 Å². The molecule has 78 valence electrons. The minimum Gasteiger partial charge on any atom is -0.464 e. The topological polar surface area (TPSA) is 152 Å². The van der Waals surface area contributed by atoms with Crippen LogP contribution in [0.3, 0.4) is 0 Å². The maximum absolute atomic E-state index is 10.2. The molecule has 0 spiro atoms. The molecule has 0 bridgehead atoms. The largest absolute Gasteiger partial charge is 0.464 e. The van der Waals surface area contributed by atoms with Crippen molar-refractivity contribution in [1.29, 1.82) is 0 Å². The van der Waals surface area contributed by atoms with Gasteiger partial charge >= 0.3 is 6.09 Å². The molecule has 2 aromatic heterocycles. The Morgan fingerprint density at radius 1 is 1.33 bits per heavy atom. The number of aromatic nitrogens is 4. The van der Waals surface area contributed by atoms with Gasteiger partial charge in [0.05, 0.1) is 0 Å². The molecule has 0 aliphatic carbocycles. The summed E-state index contributed by atoms with van der Waals surface area (Å²) in [6.45, 7) is 0. The third-order valence-electron chi connectivity index (χ3n) is 1.43. The van der Waals surface area contributed by atoms with Crippen LogP contribution in [0.1, 0.15) is 0 Å². The van der Waals surface area contributed by atoms with Gasteiger partial charge in [-0.1, -0.05) is 0 Å². The first-order chi connectivity index (χ1) is 7.16. The Kier molecular flexibility index (Phi) is 1.93. The lowest BCUT2D eigenvalue weighted by Crippen LogP contribution is -2.28. The van der Waals surface area contributed by atoms with Crippen LogP contribution < -0.4 is 16.6 Å². The number of carboxylic acid groups (broad SMARTS) is 1. The van der Waals surface area contributed by atoms with Crippen LogP contribution in [-0.2, 0) is 0 Å². The quantitative estimate of drug-likeness (QED) is 0.467. The minimum absolute atomic E-state index is 0.0213. The van der Waals surface area contributed by atoms with Crippen molar-refractivity contribution in [3.8, 4) is 0 Å². The van der Waals surface area contributed by atoms with Gasteiger partial charge in [-0.25, -0.2) is 19.8 Å². The van der Waals surface area contributed by atoms with E-state index in [0.717, 1.165) is 0 Å². The molecule has 2 aromatic rings. The number of hydrazine groups is 1. The molecule has 0 saturated carbocycles. The van der Waals surface area contributed by atoms with Gasteiger partial charge in [-0.05, 0) is 10.3 Å². The lowest BCUT2D eigenvalue weighted by molar-refractivity contribution is 0.197. The average molecular weight is 211 g/mol. The van der Waals surface area contributed by atoms with Crippen LogP contribution in [0.2, 0.25) is 0 Å². The number of nitrogens with one attached hydrogen (secondary N) is 2. The molecule has 5 N–H and O–H groups in total. The summed E-state index contributed by atoms with van der Waals surface area (Å²) >= 11 is 0. The molecule has 10 heteroatoms. The third-order valence-corrected chi connectivity index (χ3v) is 1.43. The van der Waals surface area contributed by atoms with E-state index in [2.05, 4.69) is 30.3 Å². The molecule has 0 saturated heterocycles. The summed E-state index contributed by atoms with van der Waals surface area (Å²) in [5.74, 6) is 0.00699. The van der Waals surface area contributed by atoms with Gasteiger partial charge in [0, 0.05) is 0 Å². The average Bonchev–Trinajstić information content (AvgIpc) is 2.60. The SMILES string of the molecule is Nc1nc2nonc2nc1NNC(=O)O. The van der Waals surface area contributed by atoms with Crippen molar-refractivity contribution >= 4 is 29.0 Å². The Morgan fingerprint density at radius 2 is 2.00 bits per heavy atom. The van der Waals surface area contributed by atoms with Gasteiger partial charge in [-0.15, -0.1) is 0 Å². The molecule has 0 fully saturated rings. The zero-order valence-corrected chi connectivity index (χ0v) is 7.13. The monoisotopic (exact) mass is 211 g/mol. The van der Waals surface area contributed by atoms with Crippen molar-refractivity contribution in [1.82, 2.24) is 25.7 Å². The number of fused-ring (bicyclic) bond motifs is 1. The van der Waals surface area contributed by atoms with Crippen molar-refractivity contribution in [2.45, 2.75) is 0 Å². The van der Waals surface area contributed by atoms with Crippen LogP contribution >= 0.6 is 0 Å². The van der Waals surface area contributed by atoms with Crippen molar-refractivity contribution in [3.05, 3.63) is 0 Å². The van der Waals surface area contributed by atoms with E-state index in [1.54, 1.807) is 0 Å². The Hall–Kier alpha value is -2.65. The van der Waals surface area contributed by atoms with Gasteiger partial charge in [0.1, 0.15) is 0 Å². The van der Waals surface area contributed by atoms with E-state index in [4.69, 9.17) is 10.8 Å². The summed E-state index contributed by atoms with van der Waals surface area (Å²) in [5.41, 5.74) is 9.83. The summed E-state index contributed by atoms with van der Waals surface area (Å²) < 4.78 is 4.36. The molecule has 1 amide bonds. The van der Waals surface area contributed by atoms with Crippen LogP contribution in [-0.4, -0.2) is 31.5 Å². The van der Waals surface area contributed by atoms with E-state index >= 15 is 0 Å². The molecular formula is C5H5N7O3. The van der Waals surface area contributed by atoms with Gasteiger partial charge in [0.15, 0.2) is 11.6 Å². The predicted octanol–water partition coefficient (Wildman–Crippen LogP) is -0.811. The highest BCUT2D eigenvalue weighted by atomic mass is 16.6. The first-order valence-electron chi connectivity index (χ1n) is 3.67. The zero-order chi connectivity index (χ0) is 10.8. The van der Waals surface area contributed by atoms with E-state index in [0.29, 0.717) is 0 Å². The minimum atomic E-state index is -1.28. The molecule has 10 nitrogen and oxygen atoms in total. The number of carbonyl (C=O) groups is 1. The standard InChI is InChI=1S/C5H5N7O3/c6-1-2(9-10-5(13)14)8-4-3(7-1)11-15-12-4/h10H,(H,13,14)(H2,6,7,11)(H,8,9,12). The Labute approximate surface area is 81.4 Å². The number of nitrogen functional groups attached to an aromatic ring is 1. The van der Waals surface area contributed by atoms with Crippen LogP contribution in [0.25, 0.3) is 11.3 Å². The number of amides is 1. The van der Waals surface area contributed by atoms with E-state index in [-0.39, 0.29) is 22.9 Å². The smallest absolute Gasteiger partial charge is 0.423 e. The summed E-state index contributed by atoms with van der Waals surface area (Å²) in [6, 6.07) is 0. The highest BCUT2D eigenvalue weighted by Crippen LogP contribution is 2.14. The van der Waals surface area contributed by atoms with E-state index in [1.165, 1.54) is 0 Å². The van der Waals surface area contributed by atoms with Gasteiger partial charge in [-0.3, -0.25) is 5.43 Å². The fourth-order valence-electron chi connectivity index (χ4n) is 0.855. The number of nitrogens with two attached hydrogens (primary N) is 1. The Morgan fingerprint density at radius 3 is 2.67 bits per heavy atom. The number of hydrogen-bond acceptors (Lipinski definition) is 8. The normalized spacial score (nSPS) is 10.1. The molecule has 15 heavy (non-hydrogen) atoms. The highest BCUT2D eigenvalue weighted by molar-refractivity contribution is 5.73. The maximum atomic E-state index is 10.2. The molecule has 2 rings (SSSR count). The van der Waals surface area contributed by atoms with Crippen LogP contribution in [0.4, 0.5) is 16.4 Å². The van der Waals surface area contributed by atoms with E-state index in [1.807, 2.05) is 5.43 Å². The first kappa shape index (κ1) is 8.93. The molecule has 0 radical (unpaired) electrons. The number of nitrogens with zero attached hydrogens (tertiary/aromatic N) is 4. The van der Waals surface area contributed by atoms with Crippen LogP contribution in [0.15, 0.2) is 4.63 Å². The molecule has 0 atom stereocenters. The van der Waals surface area contributed by atoms with Crippen molar-refractivity contribution in [2.75, 3.05) is 11.2 Å². The first-order valence-corrected chi connectivity index (χ1v) is 3.67.